The number of halogens is 1. The van der Waals surface area contributed by atoms with Crippen molar-refractivity contribution in [2.75, 3.05) is 5.32 Å². The molecule has 0 aliphatic rings. The minimum Gasteiger partial charge on any atom is -0.378 e. The smallest absolute Gasteiger partial charge is 0.165 e. The molecule has 3 rings (SSSR count). The molecule has 0 aromatic heterocycles. The molecule has 1 N–H and O–H groups in total. The highest BCUT2D eigenvalue weighted by Crippen LogP contribution is 2.26. The highest BCUT2D eigenvalue weighted by molar-refractivity contribution is 6.30. The summed E-state index contributed by atoms with van der Waals surface area (Å²) in [4.78, 5) is 12.8. The van der Waals surface area contributed by atoms with E-state index in [9.17, 15) is 4.79 Å². The van der Waals surface area contributed by atoms with Gasteiger partial charge in [-0.3, -0.25) is 4.79 Å². The lowest BCUT2D eigenvalue weighted by Crippen LogP contribution is -2.16. The molecule has 0 fully saturated rings. The van der Waals surface area contributed by atoms with Gasteiger partial charge in [0, 0.05) is 22.7 Å². The third-order valence-corrected chi connectivity index (χ3v) is 4.65. The summed E-state index contributed by atoms with van der Waals surface area (Å²) >= 11 is 6.03. The Bertz CT molecular complexity index is 885. The van der Waals surface area contributed by atoms with Crippen LogP contribution in [0.2, 0.25) is 5.02 Å². The van der Waals surface area contributed by atoms with Gasteiger partial charge in [-0.1, -0.05) is 65.7 Å². The second-order valence-electron chi connectivity index (χ2n) is 6.61. The zero-order chi connectivity index (χ0) is 18.5. The number of carbonyl (C=O) groups is 1. The number of Topliss-reactive ketones (excluding diaryl/α,β-unsaturated/α-hetero) is 1. The number of carbonyl (C=O) groups excluding carboxylic acids is 1. The zero-order valence-electron chi connectivity index (χ0n) is 15.0. The van der Waals surface area contributed by atoms with E-state index in [0.29, 0.717) is 11.4 Å². The minimum absolute atomic E-state index is 0.116. The van der Waals surface area contributed by atoms with Crippen LogP contribution in [-0.4, -0.2) is 5.78 Å². The minimum atomic E-state index is -0.122. The van der Waals surface area contributed by atoms with Gasteiger partial charge >= 0.3 is 0 Å². The summed E-state index contributed by atoms with van der Waals surface area (Å²) < 4.78 is 0. The zero-order valence-corrected chi connectivity index (χ0v) is 15.8. The predicted octanol–water partition coefficient (Wildman–Crippen LogP) is 6.38. The predicted molar refractivity (Wildman–Crippen MR) is 109 cm³/mol. The van der Waals surface area contributed by atoms with Gasteiger partial charge in [0.15, 0.2) is 5.78 Å². The fourth-order valence-electron chi connectivity index (χ4n) is 2.93. The SMILES string of the molecule is Cc1ccc(C(=O)CC(Nc2cccc(C)c2)c2ccc(Cl)cc2)cc1. The Labute approximate surface area is 159 Å². The first-order valence-corrected chi connectivity index (χ1v) is 9.07. The standard InChI is InChI=1S/C23H22ClNO/c1-16-6-8-19(9-7-16)23(26)15-22(18-10-12-20(24)13-11-18)25-21-5-3-4-17(2)14-21/h3-14,22,25H,15H2,1-2H3. The van der Waals surface area contributed by atoms with Crippen molar-refractivity contribution in [2.45, 2.75) is 26.3 Å². The summed E-state index contributed by atoms with van der Waals surface area (Å²) in [6, 6.07) is 23.4. The van der Waals surface area contributed by atoms with Crippen LogP contribution >= 0.6 is 11.6 Å². The van der Waals surface area contributed by atoms with Crippen molar-refractivity contribution >= 4 is 23.1 Å². The summed E-state index contributed by atoms with van der Waals surface area (Å²) in [5, 5.41) is 4.19. The highest BCUT2D eigenvalue weighted by Gasteiger charge is 2.17. The molecular formula is C23H22ClNO. The van der Waals surface area contributed by atoms with Gasteiger partial charge in [0.05, 0.1) is 6.04 Å². The van der Waals surface area contributed by atoms with Crippen molar-refractivity contribution < 1.29 is 4.79 Å². The third kappa shape index (κ3) is 4.74. The molecule has 0 spiro atoms. The molecule has 0 saturated carbocycles. The number of anilines is 1. The second-order valence-corrected chi connectivity index (χ2v) is 7.05. The number of benzene rings is 3. The van der Waals surface area contributed by atoms with E-state index >= 15 is 0 Å². The van der Waals surface area contributed by atoms with Crippen LogP contribution in [0.25, 0.3) is 0 Å². The first kappa shape index (κ1) is 18.2. The van der Waals surface area contributed by atoms with Crippen LogP contribution in [0.4, 0.5) is 5.69 Å². The Morgan fingerprint density at radius 2 is 1.62 bits per heavy atom. The lowest BCUT2D eigenvalue weighted by molar-refractivity contribution is 0.0976. The van der Waals surface area contributed by atoms with Crippen molar-refractivity contribution in [2.24, 2.45) is 0 Å². The van der Waals surface area contributed by atoms with Crippen molar-refractivity contribution in [3.05, 3.63) is 100 Å². The van der Waals surface area contributed by atoms with Crippen LogP contribution in [0.3, 0.4) is 0 Å². The van der Waals surface area contributed by atoms with Gasteiger partial charge in [-0.25, -0.2) is 0 Å². The molecule has 132 valence electrons. The van der Waals surface area contributed by atoms with Crippen LogP contribution in [0.15, 0.2) is 72.8 Å². The van der Waals surface area contributed by atoms with E-state index in [-0.39, 0.29) is 11.8 Å². The van der Waals surface area contributed by atoms with Crippen LogP contribution < -0.4 is 5.32 Å². The van der Waals surface area contributed by atoms with E-state index in [2.05, 4.69) is 24.4 Å². The Balaban J connectivity index is 1.85. The molecule has 0 aliphatic heterocycles. The molecule has 0 heterocycles. The average molecular weight is 364 g/mol. The van der Waals surface area contributed by atoms with Gasteiger partial charge in [-0.15, -0.1) is 0 Å². The topological polar surface area (TPSA) is 29.1 Å². The number of nitrogens with one attached hydrogen (secondary N) is 1. The molecule has 1 unspecified atom stereocenters. The molecule has 1 atom stereocenters. The molecule has 0 radical (unpaired) electrons. The van der Waals surface area contributed by atoms with Gasteiger partial charge < -0.3 is 5.32 Å². The molecule has 0 saturated heterocycles. The molecular weight excluding hydrogens is 342 g/mol. The summed E-state index contributed by atoms with van der Waals surface area (Å²) in [6.07, 6.45) is 0.374. The lowest BCUT2D eigenvalue weighted by Gasteiger charge is -2.20. The van der Waals surface area contributed by atoms with Gasteiger partial charge in [-0.2, -0.15) is 0 Å². The fourth-order valence-corrected chi connectivity index (χ4v) is 3.05. The van der Waals surface area contributed by atoms with Gasteiger partial charge in [-0.05, 0) is 49.2 Å². The van der Waals surface area contributed by atoms with Gasteiger partial charge in [0.2, 0.25) is 0 Å². The monoisotopic (exact) mass is 363 g/mol. The van der Waals surface area contributed by atoms with Crippen molar-refractivity contribution in [3.8, 4) is 0 Å². The number of hydrogen-bond donors (Lipinski definition) is 1. The number of hydrogen-bond acceptors (Lipinski definition) is 2. The van der Waals surface area contributed by atoms with E-state index in [1.54, 1.807) is 0 Å². The molecule has 0 aliphatic carbocycles. The molecule has 2 nitrogen and oxygen atoms in total. The Morgan fingerprint density at radius 3 is 2.27 bits per heavy atom. The molecule has 3 aromatic carbocycles. The maximum absolute atomic E-state index is 12.8. The maximum atomic E-state index is 12.8. The summed E-state index contributed by atoms with van der Waals surface area (Å²) in [6.45, 7) is 4.07. The normalized spacial score (nSPS) is 11.8. The quantitative estimate of drug-likeness (QED) is 0.514. The molecule has 3 heteroatoms. The van der Waals surface area contributed by atoms with E-state index in [1.807, 2.05) is 67.6 Å². The number of aryl methyl sites for hydroxylation is 2. The van der Waals surface area contributed by atoms with Gasteiger partial charge in [0.1, 0.15) is 0 Å². The number of ketones is 1. The van der Waals surface area contributed by atoms with Crippen molar-refractivity contribution in [1.82, 2.24) is 0 Å². The molecule has 26 heavy (non-hydrogen) atoms. The summed E-state index contributed by atoms with van der Waals surface area (Å²) in [5.74, 6) is 0.116. The van der Waals surface area contributed by atoms with Crippen molar-refractivity contribution in [1.29, 1.82) is 0 Å². The summed E-state index contributed by atoms with van der Waals surface area (Å²) in [5.41, 5.74) is 5.10. The molecule has 0 amide bonds. The first-order chi connectivity index (χ1) is 12.5. The Kier molecular flexibility index (Phi) is 5.75. The lowest BCUT2D eigenvalue weighted by atomic mass is 9.97. The Morgan fingerprint density at radius 1 is 0.923 bits per heavy atom. The third-order valence-electron chi connectivity index (χ3n) is 4.39. The maximum Gasteiger partial charge on any atom is 0.165 e. The van der Waals surface area contributed by atoms with Crippen molar-refractivity contribution in [3.63, 3.8) is 0 Å². The van der Waals surface area contributed by atoms with E-state index < -0.39 is 0 Å². The van der Waals surface area contributed by atoms with Crippen LogP contribution in [-0.2, 0) is 0 Å². The van der Waals surface area contributed by atoms with E-state index in [4.69, 9.17) is 11.6 Å². The average Bonchev–Trinajstić information content (AvgIpc) is 2.62. The Hall–Kier alpha value is -2.58. The van der Waals surface area contributed by atoms with E-state index in [0.717, 1.165) is 22.4 Å². The van der Waals surface area contributed by atoms with Crippen LogP contribution in [0, 0.1) is 13.8 Å². The molecule has 0 bridgehead atoms. The second kappa shape index (κ2) is 8.20. The van der Waals surface area contributed by atoms with Gasteiger partial charge in [0.25, 0.3) is 0 Å². The molecule has 3 aromatic rings. The largest absolute Gasteiger partial charge is 0.378 e. The van der Waals surface area contributed by atoms with Crippen LogP contribution in [0.1, 0.15) is 39.5 Å². The number of rotatable bonds is 6. The first-order valence-electron chi connectivity index (χ1n) is 8.70. The highest BCUT2D eigenvalue weighted by atomic mass is 35.5. The van der Waals surface area contributed by atoms with E-state index in [1.165, 1.54) is 5.56 Å². The van der Waals surface area contributed by atoms with Crippen LogP contribution in [0.5, 0.6) is 0 Å². The summed E-state index contributed by atoms with van der Waals surface area (Å²) in [7, 11) is 0. The fraction of sp³-hybridized carbons (Fsp3) is 0.174.